The lowest BCUT2D eigenvalue weighted by molar-refractivity contribution is 1.20. The lowest BCUT2D eigenvalue weighted by Crippen LogP contribution is -1.99. The minimum Gasteiger partial charge on any atom is -0.397 e. The Morgan fingerprint density at radius 1 is 1.22 bits per heavy atom. The predicted octanol–water partition coefficient (Wildman–Crippen LogP) is 2.90. The lowest BCUT2D eigenvalue weighted by Gasteiger charge is -2.10. The fraction of sp³-hybridized carbons (Fsp3) is 0.143. The Morgan fingerprint density at radius 2 is 2.00 bits per heavy atom. The zero-order valence-corrected chi connectivity index (χ0v) is 10.4. The summed E-state index contributed by atoms with van der Waals surface area (Å²) in [6.07, 6.45) is 0. The quantitative estimate of drug-likeness (QED) is 0.843. The van der Waals surface area contributed by atoms with E-state index >= 15 is 0 Å². The molecule has 0 amide bonds. The smallest absolute Gasteiger partial charge is 0.130 e. The third-order valence-corrected chi connectivity index (χ3v) is 2.76. The monoisotopic (exact) mass is 238 g/mol. The molecule has 90 valence electrons. The molecule has 0 atom stereocenters. The van der Waals surface area contributed by atoms with Crippen molar-refractivity contribution in [1.82, 2.24) is 4.98 Å². The van der Waals surface area contributed by atoms with Crippen LogP contribution in [-0.4, -0.2) is 4.98 Å². The fourth-order valence-corrected chi connectivity index (χ4v) is 1.61. The van der Waals surface area contributed by atoms with Crippen LogP contribution in [0.25, 0.3) is 0 Å². The number of hydrogen-bond acceptors (Lipinski definition) is 4. The predicted molar refractivity (Wildman–Crippen MR) is 72.6 cm³/mol. The fourth-order valence-electron chi connectivity index (χ4n) is 1.61. The van der Waals surface area contributed by atoms with Gasteiger partial charge in [-0.05, 0) is 43.7 Å². The molecule has 0 radical (unpaired) electrons. The largest absolute Gasteiger partial charge is 0.397 e. The highest BCUT2D eigenvalue weighted by Crippen LogP contribution is 2.21. The van der Waals surface area contributed by atoms with Crippen molar-refractivity contribution in [2.45, 2.75) is 13.8 Å². The van der Waals surface area contributed by atoms with Crippen molar-refractivity contribution >= 4 is 17.2 Å². The number of aromatic nitrogens is 1. The highest BCUT2D eigenvalue weighted by molar-refractivity contribution is 5.64. The van der Waals surface area contributed by atoms with Gasteiger partial charge in [0.15, 0.2) is 0 Å². The molecular formula is C14H14N4. The van der Waals surface area contributed by atoms with Gasteiger partial charge in [0, 0.05) is 5.69 Å². The third-order valence-electron chi connectivity index (χ3n) is 2.76. The standard InChI is InChI=1S/C14H14N4/c1-9-3-4-11(8-15)7-13(9)18-14-6-5-12(16)10(2)17-14/h3-7H,16H2,1-2H3,(H,17,18). The van der Waals surface area contributed by atoms with Crippen molar-refractivity contribution in [3.05, 3.63) is 47.2 Å². The van der Waals surface area contributed by atoms with Gasteiger partial charge in [0.2, 0.25) is 0 Å². The number of pyridine rings is 1. The average Bonchev–Trinajstić information content (AvgIpc) is 2.36. The topological polar surface area (TPSA) is 74.7 Å². The normalized spacial score (nSPS) is 9.83. The molecular weight excluding hydrogens is 224 g/mol. The second-order valence-electron chi connectivity index (χ2n) is 4.14. The van der Waals surface area contributed by atoms with Crippen LogP contribution in [0.4, 0.5) is 17.2 Å². The van der Waals surface area contributed by atoms with E-state index in [0.717, 1.165) is 22.8 Å². The highest BCUT2D eigenvalue weighted by atomic mass is 15.0. The molecule has 0 bridgehead atoms. The second-order valence-corrected chi connectivity index (χ2v) is 4.14. The Labute approximate surface area is 106 Å². The molecule has 0 aliphatic heterocycles. The number of nitrogen functional groups attached to an aromatic ring is 1. The highest BCUT2D eigenvalue weighted by Gasteiger charge is 2.03. The van der Waals surface area contributed by atoms with E-state index in [-0.39, 0.29) is 0 Å². The van der Waals surface area contributed by atoms with E-state index in [2.05, 4.69) is 16.4 Å². The van der Waals surface area contributed by atoms with E-state index in [1.54, 1.807) is 6.07 Å². The van der Waals surface area contributed by atoms with Crippen molar-refractivity contribution in [3.63, 3.8) is 0 Å². The van der Waals surface area contributed by atoms with Crippen LogP contribution in [0.3, 0.4) is 0 Å². The van der Waals surface area contributed by atoms with Crippen LogP contribution < -0.4 is 11.1 Å². The van der Waals surface area contributed by atoms with Gasteiger partial charge in [0.05, 0.1) is 23.0 Å². The van der Waals surface area contributed by atoms with E-state index in [4.69, 9.17) is 11.0 Å². The first-order chi connectivity index (χ1) is 8.60. The molecule has 0 unspecified atom stereocenters. The SMILES string of the molecule is Cc1ccc(C#N)cc1Nc1ccc(N)c(C)n1. The average molecular weight is 238 g/mol. The van der Waals surface area contributed by atoms with Gasteiger partial charge in [0.25, 0.3) is 0 Å². The summed E-state index contributed by atoms with van der Waals surface area (Å²) in [5.74, 6) is 0.722. The summed E-state index contributed by atoms with van der Waals surface area (Å²) in [6, 6.07) is 11.3. The zero-order chi connectivity index (χ0) is 13.1. The Kier molecular flexibility index (Phi) is 3.16. The van der Waals surface area contributed by atoms with Gasteiger partial charge < -0.3 is 11.1 Å². The molecule has 1 aromatic carbocycles. The van der Waals surface area contributed by atoms with Crippen molar-refractivity contribution < 1.29 is 0 Å². The number of hydrogen-bond donors (Lipinski definition) is 2. The van der Waals surface area contributed by atoms with Crippen LogP contribution in [0.1, 0.15) is 16.8 Å². The van der Waals surface area contributed by atoms with E-state index in [1.165, 1.54) is 0 Å². The Hall–Kier alpha value is -2.54. The van der Waals surface area contributed by atoms with Crippen molar-refractivity contribution in [2.24, 2.45) is 0 Å². The van der Waals surface area contributed by atoms with E-state index in [1.807, 2.05) is 38.1 Å². The number of nitriles is 1. The summed E-state index contributed by atoms with van der Waals surface area (Å²) < 4.78 is 0. The number of benzene rings is 1. The molecule has 0 fully saturated rings. The van der Waals surface area contributed by atoms with Gasteiger partial charge in [-0.25, -0.2) is 4.98 Å². The minimum absolute atomic E-state index is 0.621. The van der Waals surface area contributed by atoms with Crippen LogP contribution in [0.5, 0.6) is 0 Å². The summed E-state index contributed by atoms with van der Waals surface area (Å²) in [4.78, 5) is 4.35. The summed E-state index contributed by atoms with van der Waals surface area (Å²) in [6.45, 7) is 3.84. The minimum atomic E-state index is 0.621. The number of nitrogens with one attached hydrogen (secondary N) is 1. The molecule has 1 heterocycles. The van der Waals surface area contributed by atoms with Gasteiger partial charge >= 0.3 is 0 Å². The summed E-state index contributed by atoms with van der Waals surface area (Å²) >= 11 is 0. The maximum atomic E-state index is 8.89. The summed E-state index contributed by atoms with van der Waals surface area (Å²) in [5, 5.41) is 12.1. The molecule has 0 spiro atoms. The summed E-state index contributed by atoms with van der Waals surface area (Å²) in [7, 11) is 0. The van der Waals surface area contributed by atoms with E-state index in [0.29, 0.717) is 11.3 Å². The molecule has 2 rings (SSSR count). The number of nitrogens with zero attached hydrogens (tertiary/aromatic N) is 2. The van der Waals surface area contributed by atoms with Gasteiger partial charge in [-0.3, -0.25) is 0 Å². The first-order valence-corrected chi connectivity index (χ1v) is 5.61. The van der Waals surface area contributed by atoms with Gasteiger partial charge in [-0.2, -0.15) is 5.26 Å². The third kappa shape index (κ3) is 2.41. The molecule has 0 saturated heterocycles. The Morgan fingerprint density at radius 3 is 2.67 bits per heavy atom. The van der Waals surface area contributed by atoms with Gasteiger partial charge in [0.1, 0.15) is 5.82 Å². The molecule has 3 N–H and O–H groups in total. The van der Waals surface area contributed by atoms with Crippen LogP contribution in [0.2, 0.25) is 0 Å². The first kappa shape index (κ1) is 11.9. The molecule has 0 aliphatic carbocycles. The van der Waals surface area contributed by atoms with Crippen LogP contribution in [-0.2, 0) is 0 Å². The Bertz CT molecular complexity index is 626. The van der Waals surface area contributed by atoms with Gasteiger partial charge in [-0.15, -0.1) is 0 Å². The molecule has 4 nitrogen and oxygen atoms in total. The molecule has 0 saturated carbocycles. The van der Waals surface area contributed by atoms with E-state index < -0.39 is 0 Å². The number of anilines is 3. The van der Waals surface area contributed by atoms with Crippen molar-refractivity contribution in [3.8, 4) is 6.07 Å². The molecule has 2 aromatic rings. The maximum Gasteiger partial charge on any atom is 0.130 e. The second kappa shape index (κ2) is 4.76. The number of rotatable bonds is 2. The molecule has 18 heavy (non-hydrogen) atoms. The molecule has 1 aromatic heterocycles. The maximum absolute atomic E-state index is 8.89. The number of nitrogens with two attached hydrogens (primary N) is 1. The van der Waals surface area contributed by atoms with E-state index in [9.17, 15) is 0 Å². The van der Waals surface area contributed by atoms with Crippen LogP contribution >= 0.6 is 0 Å². The lowest BCUT2D eigenvalue weighted by atomic mass is 10.1. The van der Waals surface area contributed by atoms with Crippen LogP contribution in [0, 0.1) is 25.2 Å². The molecule has 0 aliphatic rings. The molecule has 4 heteroatoms. The van der Waals surface area contributed by atoms with Crippen LogP contribution in [0.15, 0.2) is 30.3 Å². The van der Waals surface area contributed by atoms with Crippen molar-refractivity contribution in [1.29, 1.82) is 5.26 Å². The zero-order valence-electron chi connectivity index (χ0n) is 10.4. The first-order valence-electron chi connectivity index (χ1n) is 5.61. The van der Waals surface area contributed by atoms with Crippen molar-refractivity contribution in [2.75, 3.05) is 11.1 Å². The van der Waals surface area contributed by atoms with Gasteiger partial charge in [-0.1, -0.05) is 6.07 Å². The number of aryl methyl sites for hydroxylation is 2. The Balaban J connectivity index is 2.33. The summed E-state index contributed by atoms with van der Waals surface area (Å²) in [5.41, 5.74) is 9.74.